The van der Waals surface area contributed by atoms with Crippen LogP contribution in [0.5, 0.6) is 5.75 Å². The lowest BCUT2D eigenvalue weighted by atomic mass is 10.1. The Kier molecular flexibility index (Phi) is 6.09. The minimum atomic E-state index is -1.11. The fraction of sp³-hybridized carbons (Fsp3) is 0.100. The Labute approximate surface area is 180 Å². The van der Waals surface area contributed by atoms with Crippen molar-refractivity contribution in [2.75, 3.05) is 4.90 Å². The van der Waals surface area contributed by atoms with Crippen LogP contribution in [0.2, 0.25) is 10.0 Å². The molecule has 1 aliphatic rings. The van der Waals surface area contributed by atoms with Gasteiger partial charge in [-0.15, -0.1) is 0 Å². The molecule has 0 bridgehead atoms. The van der Waals surface area contributed by atoms with Crippen molar-refractivity contribution in [3.05, 3.63) is 63.6 Å². The van der Waals surface area contributed by atoms with Crippen molar-refractivity contribution in [1.82, 2.24) is 5.32 Å². The summed E-state index contributed by atoms with van der Waals surface area (Å²) in [5.74, 6) is -2.52. The van der Waals surface area contributed by atoms with Gasteiger partial charge in [0.15, 0.2) is 6.10 Å². The molecule has 1 fully saturated rings. The number of hydrogen-bond acceptors (Lipinski definition) is 5. The van der Waals surface area contributed by atoms with Crippen LogP contribution in [0, 0.1) is 0 Å². The van der Waals surface area contributed by atoms with Crippen LogP contribution in [0.25, 0.3) is 6.08 Å². The lowest BCUT2D eigenvalue weighted by Gasteiger charge is -2.27. The van der Waals surface area contributed by atoms with Crippen molar-refractivity contribution in [3.63, 3.8) is 0 Å². The molecule has 2 aromatic carbocycles. The maximum Gasteiger partial charge on any atom is 0.344 e. The quantitative estimate of drug-likeness (QED) is 0.534. The van der Waals surface area contributed by atoms with Crippen molar-refractivity contribution < 1.29 is 29.0 Å². The summed E-state index contributed by atoms with van der Waals surface area (Å²) < 4.78 is 5.23. The molecule has 0 saturated carbocycles. The number of carboxylic acid groups (broad SMARTS) is 1. The van der Waals surface area contributed by atoms with Crippen LogP contribution in [0.4, 0.5) is 10.5 Å². The van der Waals surface area contributed by atoms with Crippen LogP contribution in [0.1, 0.15) is 12.5 Å². The number of aliphatic carboxylic acids is 1. The SMILES string of the molecule is CC(Oc1ccc(/C=C2/C(=O)NC(=O)N(c3ccc(Cl)cc3Cl)C2=O)cc1)C(=O)O. The average Bonchev–Trinajstić information content (AvgIpc) is 2.67. The van der Waals surface area contributed by atoms with Crippen LogP contribution in [-0.2, 0) is 14.4 Å². The highest BCUT2D eigenvalue weighted by molar-refractivity contribution is 6.42. The molecule has 2 aromatic rings. The number of halogens is 2. The molecule has 1 atom stereocenters. The number of nitrogens with one attached hydrogen (secondary N) is 1. The predicted molar refractivity (Wildman–Crippen MR) is 110 cm³/mol. The lowest BCUT2D eigenvalue weighted by molar-refractivity contribution is -0.144. The number of anilines is 1. The van der Waals surface area contributed by atoms with Gasteiger partial charge in [-0.1, -0.05) is 35.3 Å². The third-order valence-electron chi connectivity index (χ3n) is 4.10. The molecule has 154 valence electrons. The molecule has 8 nitrogen and oxygen atoms in total. The molecule has 0 aliphatic carbocycles. The van der Waals surface area contributed by atoms with Gasteiger partial charge in [0.1, 0.15) is 11.3 Å². The van der Waals surface area contributed by atoms with E-state index in [1.807, 2.05) is 0 Å². The van der Waals surface area contributed by atoms with E-state index in [9.17, 15) is 19.2 Å². The second-order valence-electron chi connectivity index (χ2n) is 6.22. The molecular weight excluding hydrogens is 435 g/mol. The molecule has 2 N–H and O–H groups in total. The molecule has 4 amide bonds. The van der Waals surface area contributed by atoms with Crippen molar-refractivity contribution in [2.45, 2.75) is 13.0 Å². The van der Waals surface area contributed by atoms with E-state index in [1.54, 1.807) is 0 Å². The average molecular weight is 449 g/mol. The first kappa shape index (κ1) is 21.4. The van der Waals surface area contributed by atoms with Gasteiger partial charge in [-0.3, -0.25) is 14.9 Å². The molecular formula is C20H14Cl2N2O6. The summed E-state index contributed by atoms with van der Waals surface area (Å²) in [4.78, 5) is 48.9. The van der Waals surface area contributed by atoms with Gasteiger partial charge in [-0.05, 0) is 48.9 Å². The summed E-state index contributed by atoms with van der Waals surface area (Å²) in [5.41, 5.74) is 0.252. The Morgan fingerprint density at radius 2 is 1.80 bits per heavy atom. The lowest BCUT2D eigenvalue weighted by Crippen LogP contribution is -2.54. The van der Waals surface area contributed by atoms with Crippen LogP contribution >= 0.6 is 23.2 Å². The number of barbiturate groups is 1. The molecule has 0 spiro atoms. The molecule has 0 aromatic heterocycles. The van der Waals surface area contributed by atoms with E-state index in [1.165, 1.54) is 55.5 Å². The van der Waals surface area contributed by atoms with E-state index in [2.05, 4.69) is 5.32 Å². The third kappa shape index (κ3) is 4.45. The normalized spacial score (nSPS) is 16.4. The molecule has 1 unspecified atom stereocenters. The minimum Gasteiger partial charge on any atom is -0.479 e. The topological polar surface area (TPSA) is 113 Å². The van der Waals surface area contributed by atoms with Gasteiger partial charge in [-0.2, -0.15) is 0 Å². The first-order valence-electron chi connectivity index (χ1n) is 8.53. The first-order chi connectivity index (χ1) is 14.2. The minimum absolute atomic E-state index is 0.0637. The van der Waals surface area contributed by atoms with E-state index in [0.717, 1.165) is 4.90 Å². The van der Waals surface area contributed by atoms with Gasteiger partial charge >= 0.3 is 12.0 Å². The van der Waals surface area contributed by atoms with Gasteiger partial charge in [0.05, 0.1) is 10.7 Å². The molecule has 1 aliphatic heterocycles. The largest absolute Gasteiger partial charge is 0.479 e. The molecule has 10 heteroatoms. The fourth-order valence-electron chi connectivity index (χ4n) is 2.60. The summed E-state index contributed by atoms with van der Waals surface area (Å²) in [6.45, 7) is 1.39. The standard InChI is InChI=1S/C20H14Cl2N2O6/c1-10(19(27)28)30-13-5-2-11(3-6-13)8-14-17(25)23-20(29)24(18(14)26)16-7-4-12(21)9-15(16)22/h2-10H,1H3,(H,27,28)(H,23,25,29)/b14-8-. The Hall–Kier alpha value is -3.36. The van der Waals surface area contributed by atoms with Crippen LogP contribution < -0.4 is 15.0 Å². The fourth-order valence-corrected chi connectivity index (χ4v) is 3.10. The Morgan fingerprint density at radius 3 is 2.40 bits per heavy atom. The number of nitrogens with zero attached hydrogens (tertiary/aromatic N) is 1. The number of rotatable bonds is 5. The van der Waals surface area contributed by atoms with Gasteiger partial charge in [0.25, 0.3) is 11.8 Å². The van der Waals surface area contributed by atoms with E-state index in [-0.39, 0.29) is 16.3 Å². The van der Waals surface area contributed by atoms with Gasteiger partial charge in [0, 0.05) is 5.02 Å². The number of urea groups is 1. The summed E-state index contributed by atoms with van der Waals surface area (Å²) in [6, 6.07) is 9.35. The molecule has 1 heterocycles. The van der Waals surface area contributed by atoms with Gasteiger partial charge in [0.2, 0.25) is 0 Å². The van der Waals surface area contributed by atoms with Gasteiger partial charge < -0.3 is 9.84 Å². The Bertz CT molecular complexity index is 1080. The highest BCUT2D eigenvalue weighted by Crippen LogP contribution is 2.31. The van der Waals surface area contributed by atoms with Crippen molar-refractivity contribution in [2.24, 2.45) is 0 Å². The first-order valence-corrected chi connectivity index (χ1v) is 9.29. The van der Waals surface area contributed by atoms with Crippen LogP contribution in [-0.4, -0.2) is 35.0 Å². The van der Waals surface area contributed by atoms with Crippen molar-refractivity contribution in [3.8, 4) is 5.75 Å². The highest BCUT2D eigenvalue weighted by atomic mass is 35.5. The molecule has 0 radical (unpaired) electrons. The Morgan fingerprint density at radius 1 is 1.13 bits per heavy atom. The predicted octanol–water partition coefficient (Wildman–Crippen LogP) is 3.51. The van der Waals surface area contributed by atoms with E-state index in [0.29, 0.717) is 16.3 Å². The van der Waals surface area contributed by atoms with Crippen LogP contribution in [0.3, 0.4) is 0 Å². The number of benzene rings is 2. The summed E-state index contributed by atoms with van der Waals surface area (Å²) in [5, 5.41) is 11.4. The zero-order valence-corrected chi connectivity index (χ0v) is 16.9. The zero-order chi connectivity index (χ0) is 22.0. The van der Waals surface area contributed by atoms with Crippen molar-refractivity contribution in [1.29, 1.82) is 0 Å². The number of carbonyl (C=O) groups excluding carboxylic acids is 3. The second kappa shape index (κ2) is 8.56. The highest BCUT2D eigenvalue weighted by Gasteiger charge is 2.37. The van der Waals surface area contributed by atoms with Gasteiger partial charge in [-0.25, -0.2) is 14.5 Å². The smallest absolute Gasteiger partial charge is 0.344 e. The molecule has 1 saturated heterocycles. The maximum atomic E-state index is 12.9. The monoisotopic (exact) mass is 448 g/mol. The van der Waals surface area contributed by atoms with Crippen molar-refractivity contribution >= 4 is 58.8 Å². The number of hydrogen-bond donors (Lipinski definition) is 2. The number of imide groups is 2. The summed E-state index contributed by atoms with van der Waals surface area (Å²) in [7, 11) is 0. The zero-order valence-electron chi connectivity index (χ0n) is 15.4. The van der Waals surface area contributed by atoms with E-state index < -0.39 is 29.9 Å². The number of carboxylic acids is 1. The third-order valence-corrected chi connectivity index (χ3v) is 4.64. The number of amides is 4. The van der Waals surface area contributed by atoms with E-state index >= 15 is 0 Å². The van der Waals surface area contributed by atoms with Crippen LogP contribution in [0.15, 0.2) is 48.0 Å². The molecule has 3 rings (SSSR count). The number of carbonyl (C=O) groups is 4. The second-order valence-corrected chi connectivity index (χ2v) is 7.06. The number of ether oxygens (including phenoxy) is 1. The summed E-state index contributed by atoms with van der Waals surface area (Å²) >= 11 is 12.0. The Balaban J connectivity index is 1.90. The maximum absolute atomic E-state index is 12.9. The molecule has 30 heavy (non-hydrogen) atoms. The summed E-state index contributed by atoms with van der Waals surface area (Å²) in [6.07, 6.45) is 0.259. The van der Waals surface area contributed by atoms with E-state index in [4.69, 9.17) is 33.0 Å².